The predicted octanol–water partition coefficient (Wildman–Crippen LogP) is 0.456. The van der Waals surface area contributed by atoms with Crippen LogP contribution in [-0.2, 0) is 14.4 Å². The van der Waals surface area contributed by atoms with E-state index in [0.29, 0.717) is 6.54 Å². The number of rotatable bonds is 7. The topological polar surface area (TPSA) is 83.5 Å². The Morgan fingerprint density at radius 1 is 1.38 bits per heavy atom. The second-order valence-corrected chi connectivity index (χ2v) is 4.12. The van der Waals surface area contributed by atoms with Crippen LogP contribution in [-0.4, -0.2) is 41.3 Å². The summed E-state index contributed by atoms with van der Waals surface area (Å²) in [6, 6.07) is 0. The minimum absolute atomic E-state index is 0.186. The highest BCUT2D eigenvalue weighted by Gasteiger charge is 2.11. The summed E-state index contributed by atoms with van der Waals surface area (Å²) in [6.45, 7) is 1.76. The molecule has 0 fully saturated rings. The summed E-state index contributed by atoms with van der Waals surface area (Å²) >= 11 is 1.57. The Morgan fingerprint density at radius 2 is 2.00 bits per heavy atom. The van der Waals surface area contributed by atoms with Crippen molar-refractivity contribution in [3.05, 3.63) is 11.6 Å². The minimum atomic E-state index is -1.24. The first-order valence-corrected chi connectivity index (χ1v) is 6.06. The molecule has 0 atom stereocenters. The maximum Gasteiger partial charge on any atom is 0.332 e. The lowest BCUT2D eigenvalue weighted by Crippen LogP contribution is -2.24. The summed E-state index contributed by atoms with van der Waals surface area (Å²) in [7, 11) is 0. The summed E-state index contributed by atoms with van der Waals surface area (Å²) in [5, 5.41) is 11.3. The van der Waals surface area contributed by atoms with E-state index in [-0.39, 0.29) is 17.8 Å². The molecule has 5 nitrogen and oxygen atoms in total. The lowest BCUT2D eigenvalue weighted by molar-refractivity contribution is -0.134. The van der Waals surface area contributed by atoms with E-state index in [1.807, 2.05) is 6.26 Å². The number of carbonyl (C=O) groups excluding carboxylic acids is 2. The first-order chi connectivity index (χ1) is 7.47. The van der Waals surface area contributed by atoms with Crippen molar-refractivity contribution in [2.24, 2.45) is 0 Å². The van der Waals surface area contributed by atoms with E-state index in [4.69, 9.17) is 5.11 Å². The maximum absolute atomic E-state index is 11.2. The minimum Gasteiger partial charge on any atom is -0.478 e. The number of thioether (sulfide) groups is 1. The van der Waals surface area contributed by atoms with Gasteiger partial charge in [-0.2, -0.15) is 11.8 Å². The molecule has 1 amide bonds. The molecule has 0 spiro atoms. The molecule has 2 N–H and O–H groups in total. The standard InChI is InChI=1S/C10H15NO4S/c1-7(12)5-8(10(14)15)6-9(13)11-3-4-16-2/h6H,3-5H2,1-2H3,(H,11,13)(H,14,15). The number of carboxylic acid groups (broad SMARTS) is 1. The van der Waals surface area contributed by atoms with Gasteiger partial charge in [-0.05, 0) is 13.2 Å². The van der Waals surface area contributed by atoms with Crippen LogP contribution in [0.2, 0.25) is 0 Å². The van der Waals surface area contributed by atoms with Gasteiger partial charge >= 0.3 is 5.97 Å². The molecule has 0 heterocycles. The van der Waals surface area contributed by atoms with Gasteiger partial charge in [0.1, 0.15) is 5.78 Å². The van der Waals surface area contributed by atoms with Crippen LogP contribution in [0.1, 0.15) is 13.3 Å². The smallest absolute Gasteiger partial charge is 0.332 e. The van der Waals surface area contributed by atoms with Crippen molar-refractivity contribution in [1.29, 1.82) is 0 Å². The fourth-order valence-electron chi connectivity index (χ4n) is 0.942. The number of hydrogen-bond acceptors (Lipinski definition) is 4. The van der Waals surface area contributed by atoms with Crippen molar-refractivity contribution in [3.8, 4) is 0 Å². The van der Waals surface area contributed by atoms with Crippen molar-refractivity contribution in [1.82, 2.24) is 5.32 Å². The van der Waals surface area contributed by atoms with Gasteiger partial charge in [-0.1, -0.05) is 0 Å². The summed E-state index contributed by atoms with van der Waals surface area (Å²) < 4.78 is 0. The van der Waals surface area contributed by atoms with E-state index < -0.39 is 11.9 Å². The van der Waals surface area contributed by atoms with Crippen LogP contribution in [0.15, 0.2) is 11.6 Å². The molecular formula is C10H15NO4S. The Kier molecular flexibility index (Phi) is 7.28. The average molecular weight is 245 g/mol. The van der Waals surface area contributed by atoms with Crippen LogP contribution in [0.3, 0.4) is 0 Å². The summed E-state index contributed by atoms with van der Waals surface area (Å²) in [6.07, 6.45) is 2.63. The van der Waals surface area contributed by atoms with Crippen LogP contribution in [0.5, 0.6) is 0 Å². The van der Waals surface area contributed by atoms with E-state index in [0.717, 1.165) is 11.8 Å². The third-order valence-electron chi connectivity index (χ3n) is 1.62. The molecule has 0 unspecified atom stereocenters. The molecule has 0 aliphatic carbocycles. The Bertz CT molecular complexity index is 312. The highest BCUT2D eigenvalue weighted by Crippen LogP contribution is 2.02. The first-order valence-electron chi connectivity index (χ1n) is 4.67. The lowest BCUT2D eigenvalue weighted by Gasteiger charge is -2.02. The molecule has 0 saturated carbocycles. The number of Topliss-reactive ketones (excluding diaryl/α,β-unsaturated/α-hetero) is 1. The van der Waals surface area contributed by atoms with Crippen molar-refractivity contribution < 1.29 is 19.5 Å². The molecule has 0 rings (SSSR count). The third kappa shape index (κ3) is 7.05. The van der Waals surface area contributed by atoms with E-state index in [1.54, 1.807) is 11.8 Å². The van der Waals surface area contributed by atoms with Gasteiger partial charge in [0, 0.05) is 30.4 Å². The fourth-order valence-corrected chi connectivity index (χ4v) is 1.25. The number of carbonyl (C=O) groups is 3. The van der Waals surface area contributed by atoms with Crippen molar-refractivity contribution in [2.45, 2.75) is 13.3 Å². The van der Waals surface area contributed by atoms with Gasteiger partial charge in [-0.25, -0.2) is 4.79 Å². The van der Waals surface area contributed by atoms with Crippen LogP contribution in [0.25, 0.3) is 0 Å². The van der Waals surface area contributed by atoms with Gasteiger partial charge in [0.05, 0.1) is 0 Å². The highest BCUT2D eigenvalue weighted by molar-refractivity contribution is 7.98. The predicted molar refractivity (Wildman–Crippen MR) is 62.4 cm³/mol. The monoisotopic (exact) mass is 245 g/mol. The van der Waals surface area contributed by atoms with E-state index in [2.05, 4.69) is 5.32 Å². The summed E-state index contributed by atoms with van der Waals surface area (Å²) in [4.78, 5) is 32.7. The molecule has 0 saturated heterocycles. The summed E-state index contributed by atoms with van der Waals surface area (Å²) in [5.74, 6) is -1.25. The molecule has 90 valence electrons. The van der Waals surface area contributed by atoms with Gasteiger partial charge in [-0.15, -0.1) is 0 Å². The molecule has 0 aromatic rings. The fraction of sp³-hybridized carbons (Fsp3) is 0.500. The highest BCUT2D eigenvalue weighted by atomic mass is 32.2. The Morgan fingerprint density at radius 3 is 2.44 bits per heavy atom. The first kappa shape index (κ1) is 14.7. The zero-order valence-corrected chi connectivity index (χ0v) is 10.1. The molecule has 0 aromatic carbocycles. The van der Waals surface area contributed by atoms with Crippen molar-refractivity contribution in [3.63, 3.8) is 0 Å². The SMILES string of the molecule is CSCCNC(=O)C=C(CC(C)=O)C(=O)O. The normalized spacial score (nSPS) is 11.0. The quantitative estimate of drug-likeness (QED) is 0.503. The zero-order chi connectivity index (χ0) is 12.6. The van der Waals surface area contributed by atoms with E-state index >= 15 is 0 Å². The number of amides is 1. The average Bonchev–Trinajstić information content (AvgIpc) is 2.16. The molecule has 0 aliphatic heterocycles. The molecule has 0 aromatic heterocycles. The van der Waals surface area contributed by atoms with Crippen molar-refractivity contribution >= 4 is 29.4 Å². The van der Waals surface area contributed by atoms with Gasteiger partial charge < -0.3 is 10.4 Å². The largest absolute Gasteiger partial charge is 0.478 e. The number of nitrogens with one attached hydrogen (secondary N) is 1. The molecule has 16 heavy (non-hydrogen) atoms. The molecule has 6 heteroatoms. The second kappa shape index (κ2) is 7.92. The number of aliphatic carboxylic acids is 1. The second-order valence-electron chi connectivity index (χ2n) is 3.14. The lowest BCUT2D eigenvalue weighted by atomic mass is 10.1. The van der Waals surface area contributed by atoms with E-state index in [9.17, 15) is 14.4 Å². The van der Waals surface area contributed by atoms with Gasteiger partial charge in [0.25, 0.3) is 0 Å². The summed E-state index contributed by atoms with van der Waals surface area (Å²) in [5.41, 5.74) is -0.186. The third-order valence-corrected chi connectivity index (χ3v) is 2.24. The number of carboxylic acids is 1. The van der Waals surface area contributed by atoms with Crippen LogP contribution in [0, 0.1) is 0 Å². The molecule has 0 radical (unpaired) electrons. The zero-order valence-electron chi connectivity index (χ0n) is 9.28. The Labute approximate surface area is 98.3 Å². The molecule has 0 bridgehead atoms. The van der Waals surface area contributed by atoms with Gasteiger partial charge in [0.2, 0.25) is 5.91 Å². The molecule has 0 aliphatic rings. The Hall–Kier alpha value is -1.30. The maximum atomic E-state index is 11.2. The van der Waals surface area contributed by atoms with E-state index in [1.165, 1.54) is 6.92 Å². The number of hydrogen-bond donors (Lipinski definition) is 2. The van der Waals surface area contributed by atoms with Gasteiger partial charge in [0.15, 0.2) is 0 Å². The van der Waals surface area contributed by atoms with Crippen LogP contribution < -0.4 is 5.32 Å². The van der Waals surface area contributed by atoms with Gasteiger partial charge in [-0.3, -0.25) is 9.59 Å². The number of ketones is 1. The Balaban J connectivity index is 4.36. The van der Waals surface area contributed by atoms with Crippen LogP contribution in [0.4, 0.5) is 0 Å². The van der Waals surface area contributed by atoms with Crippen LogP contribution >= 0.6 is 11.8 Å². The van der Waals surface area contributed by atoms with Crippen molar-refractivity contribution in [2.75, 3.05) is 18.6 Å². The molecular weight excluding hydrogens is 230 g/mol.